The van der Waals surface area contributed by atoms with Crippen LogP contribution >= 0.6 is 34.8 Å². The van der Waals surface area contributed by atoms with Crippen LogP contribution in [0.4, 0.5) is 5.69 Å². The Balaban J connectivity index is 1.99. The third-order valence-electron chi connectivity index (χ3n) is 3.44. The molecule has 134 valence electrons. The van der Waals surface area contributed by atoms with E-state index in [0.717, 1.165) is 0 Å². The Hall–Kier alpha value is -1.27. The van der Waals surface area contributed by atoms with E-state index in [-0.39, 0.29) is 11.5 Å². The Morgan fingerprint density at radius 3 is 2.28 bits per heavy atom. The SMILES string of the molecule is CC(CS(=O)(=O)Cc1ccc(Cl)cc1)C(=O)Nc1ccc(Cl)c(Cl)c1. The van der Waals surface area contributed by atoms with Crippen LogP contribution in [0.25, 0.3) is 0 Å². The molecule has 0 aliphatic heterocycles. The van der Waals surface area contributed by atoms with Gasteiger partial charge in [-0.05, 0) is 35.9 Å². The number of carbonyl (C=O) groups is 1. The molecule has 8 heteroatoms. The molecule has 0 saturated heterocycles. The van der Waals surface area contributed by atoms with E-state index in [0.29, 0.717) is 26.3 Å². The quantitative estimate of drug-likeness (QED) is 0.727. The maximum atomic E-state index is 12.3. The molecule has 1 amide bonds. The summed E-state index contributed by atoms with van der Waals surface area (Å²) in [4.78, 5) is 12.2. The minimum absolute atomic E-state index is 0.144. The summed E-state index contributed by atoms with van der Waals surface area (Å²) in [6.07, 6.45) is 0. The van der Waals surface area contributed by atoms with Crippen LogP contribution in [-0.2, 0) is 20.4 Å². The minimum atomic E-state index is -3.45. The number of hydrogen-bond donors (Lipinski definition) is 1. The van der Waals surface area contributed by atoms with Crippen LogP contribution in [0, 0.1) is 5.92 Å². The summed E-state index contributed by atoms with van der Waals surface area (Å²) in [5.74, 6) is -1.53. The van der Waals surface area contributed by atoms with Gasteiger partial charge >= 0.3 is 0 Å². The van der Waals surface area contributed by atoms with E-state index in [1.54, 1.807) is 43.3 Å². The van der Waals surface area contributed by atoms with Crippen molar-refractivity contribution in [2.24, 2.45) is 5.92 Å². The number of rotatable bonds is 6. The van der Waals surface area contributed by atoms with Crippen LogP contribution in [-0.4, -0.2) is 20.1 Å². The first-order valence-electron chi connectivity index (χ1n) is 7.37. The number of benzene rings is 2. The fourth-order valence-electron chi connectivity index (χ4n) is 2.19. The number of nitrogens with one attached hydrogen (secondary N) is 1. The van der Waals surface area contributed by atoms with Crippen molar-refractivity contribution in [2.75, 3.05) is 11.1 Å². The Morgan fingerprint density at radius 2 is 1.68 bits per heavy atom. The van der Waals surface area contributed by atoms with E-state index in [4.69, 9.17) is 34.8 Å². The van der Waals surface area contributed by atoms with Crippen LogP contribution in [0.3, 0.4) is 0 Å². The lowest BCUT2D eigenvalue weighted by atomic mass is 10.2. The van der Waals surface area contributed by atoms with Gasteiger partial charge in [0.05, 0.1) is 21.6 Å². The van der Waals surface area contributed by atoms with Crippen molar-refractivity contribution in [3.63, 3.8) is 0 Å². The number of hydrogen-bond acceptors (Lipinski definition) is 3. The predicted octanol–water partition coefficient (Wildman–Crippen LogP) is 4.84. The second-order valence-corrected chi connectivity index (χ2v) is 9.06. The summed E-state index contributed by atoms with van der Waals surface area (Å²) in [7, 11) is -3.45. The van der Waals surface area contributed by atoms with E-state index in [9.17, 15) is 13.2 Å². The number of carbonyl (C=O) groups excluding carboxylic acids is 1. The molecule has 4 nitrogen and oxygen atoms in total. The van der Waals surface area contributed by atoms with Crippen LogP contribution in [0.2, 0.25) is 15.1 Å². The molecule has 0 heterocycles. The summed E-state index contributed by atoms with van der Waals surface area (Å²) in [5.41, 5.74) is 1.09. The van der Waals surface area contributed by atoms with Crippen LogP contribution < -0.4 is 5.32 Å². The highest BCUT2D eigenvalue weighted by molar-refractivity contribution is 7.90. The van der Waals surface area contributed by atoms with Gasteiger partial charge in [0.2, 0.25) is 5.91 Å². The first-order valence-corrected chi connectivity index (χ1v) is 10.3. The molecular formula is C17H16Cl3NO3S. The first-order chi connectivity index (χ1) is 11.7. The number of sulfone groups is 1. The third-order valence-corrected chi connectivity index (χ3v) is 6.21. The highest BCUT2D eigenvalue weighted by atomic mass is 35.5. The maximum absolute atomic E-state index is 12.3. The average molecular weight is 421 g/mol. The molecule has 0 aromatic heterocycles. The van der Waals surface area contributed by atoms with Gasteiger partial charge in [-0.15, -0.1) is 0 Å². The lowest BCUT2D eigenvalue weighted by molar-refractivity contribution is -0.118. The van der Waals surface area contributed by atoms with Gasteiger partial charge in [-0.2, -0.15) is 0 Å². The van der Waals surface area contributed by atoms with Crippen molar-refractivity contribution in [2.45, 2.75) is 12.7 Å². The lowest BCUT2D eigenvalue weighted by Gasteiger charge is -2.13. The zero-order chi connectivity index (χ0) is 18.6. The molecule has 1 unspecified atom stereocenters. The molecule has 1 atom stereocenters. The van der Waals surface area contributed by atoms with E-state index in [1.165, 1.54) is 6.07 Å². The Labute approximate surface area is 162 Å². The van der Waals surface area contributed by atoms with E-state index in [2.05, 4.69) is 5.32 Å². The molecule has 0 spiro atoms. The molecule has 0 aliphatic rings. The molecule has 0 fully saturated rings. The summed E-state index contributed by atoms with van der Waals surface area (Å²) in [5, 5.41) is 3.86. The maximum Gasteiger partial charge on any atom is 0.228 e. The second kappa shape index (κ2) is 8.41. The average Bonchev–Trinajstić information content (AvgIpc) is 2.52. The fourth-order valence-corrected chi connectivity index (χ4v) is 4.34. The van der Waals surface area contributed by atoms with Crippen LogP contribution in [0.1, 0.15) is 12.5 Å². The molecule has 0 bridgehead atoms. The van der Waals surface area contributed by atoms with E-state index < -0.39 is 21.7 Å². The lowest BCUT2D eigenvalue weighted by Crippen LogP contribution is -2.27. The van der Waals surface area contributed by atoms with E-state index in [1.807, 2.05) is 0 Å². The monoisotopic (exact) mass is 419 g/mol. The smallest absolute Gasteiger partial charge is 0.228 e. The van der Waals surface area contributed by atoms with Crippen molar-refractivity contribution >= 4 is 56.2 Å². The summed E-state index contributed by atoms with van der Waals surface area (Å²) < 4.78 is 24.6. The zero-order valence-electron chi connectivity index (χ0n) is 13.3. The number of amides is 1. The molecule has 0 aliphatic carbocycles. The summed E-state index contributed by atoms with van der Waals surface area (Å²) >= 11 is 17.5. The van der Waals surface area contributed by atoms with Gasteiger partial charge < -0.3 is 5.32 Å². The van der Waals surface area contributed by atoms with Crippen molar-refractivity contribution in [3.05, 3.63) is 63.1 Å². The van der Waals surface area contributed by atoms with Crippen LogP contribution in [0.5, 0.6) is 0 Å². The minimum Gasteiger partial charge on any atom is -0.326 e. The highest BCUT2D eigenvalue weighted by Crippen LogP contribution is 2.25. The van der Waals surface area contributed by atoms with Gasteiger partial charge in [-0.25, -0.2) is 8.42 Å². The Morgan fingerprint density at radius 1 is 1.04 bits per heavy atom. The normalized spacial score (nSPS) is 12.6. The predicted molar refractivity (Wildman–Crippen MR) is 103 cm³/mol. The highest BCUT2D eigenvalue weighted by Gasteiger charge is 2.22. The fraction of sp³-hybridized carbons (Fsp3) is 0.235. The molecule has 2 aromatic carbocycles. The first kappa shape index (κ1) is 20.0. The van der Waals surface area contributed by atoms with Gasteiger partial charge in [-0.3, -0.25) is 4.79 Å². The third kappa shape index (κ3) is 6.19. The molecular weight excluding hydrogens is 405 g/mol. The van der Waals surface area contributed by atoms with Crippen molar-refractivity contribution in [1.82, 2.24) is 0 Å². The molecule has 2 rings (SSSR count). The summed E-state index contributed by atoms with van der Waals surface area (Å²) in [6.45, 7) is 1.56. The van der Waals surface area contributed by atoms with Crippen molar-refractivity contribution < 1.29 is 13.2 Å². The standard InChI is InChI=1S/C17H16Cl3NO3S/c1-11(17(22)21-14-6-7-15(19)16(20)8-14)9-25(23,24)10-12-2-4-13(18)5-3-12/h2-8,11H,9-10H2,1H3,(H,21,22). The second-order valence-electron chi connectivity index (χ2n) is 5.70. The van der Waals surface area contributed by atoms with Crippen molar-refractivity contribution in [1.29, 1.82) is 0 Å². The zero-order valence-corrected chi connectivity index (χ0v) is 16.4. The van der Waals surface area contributed by atoms with Gasteiger partial charge in [0, 0.05) is 16.6 Å². The van der Waals surface area contributed by atoms with Gasteiger partial charge in [-0.1, -0.05) is 53.9 Å². The Kier molecular flexibility index (Phi) is 6.74. The van der Waals surface area contributed by atoms with Gasteiger partial charge in [0.1, 0.15) is 0 Å². The molecule has 1 N–H and O–H groups in total. The number of halogens is 3. The molecule has 0 saturated carbocycles. The van der Waals surface area contributed by atoms with Crippen LogP contribution in [0.15, 0.2) is 42.5 Å². The number of anilines is 1. The molecule has 0 radical (unpaired) electrons. The van der Waals surface area contributed by atoms with Crippen molar-refractivity contribution in [3.8, 4) is 0 Å². The molecule has 25 heavy (non-hydrogen) atoms. The van der Waals surface area contributed by atoms with E-state index >= 15 is 0 Å². The van der Waals surface area contributed by atoms with Gasteiger partial charge in [0.25, 0.3) is 0 Å². The molecule has 2 aromatic rings. The summed E-state index contributed by atoms with van der Waals surface area (Å²) in [6, 6.07) is 11.2. The Bertz CT molecular complexity index is 867. The van der Waals surface area contributed by atoms with Gasteiger partial charge in [0.15, 0.2) is 9.84 Å². The topological polar surface area (TPSA) is 63.2 Å². The largest absolute Gasteiger partial charge is 0.326 e.